The van der Waals surface area contributed by atoms with Crippen LogP contribution in [0.25, 0.3) is 0 Å². The van der Waals surface area contributed by atoms with Crippen LogP contribution in [0.3, 0.4) is 0 Å². The number of nitrogens with one attached hydrogen (secondary N) is 1. The maximum Gasteiger partial charge on any atom is 0.490 e. The number of halogens is 3. The molecule has 7 nitrogen and oxygen atoms in total. The number of hydrogen-bond acceptors (Lipinski definition) is 4. The number of nitrogens with zero attached hydrogens (tertiary/aromatic N) is 1. The number of rotatable bonds is 6. The van der Waals surface area contributed by atoms with Gasteiger partial charge in [-0.1, -0.05) is 48.5 Å². The lowest BCUT2D eigenvalue weighted by molar-refractivity contribution is -0.192. The molecular weight excluding hydrogens is 439 g/mol. The second-order valence-electron chi connectivity index (χ2n) is 6.94. The lowest BCUT2D eigenvalue weighted by Crippen LogP contribution is -2.21. The van der Waals surface area contributed by atoms with E-state index in [9.17, 15) is 18.0 Å². The highest BCUT2D eigenvalue weighted by Gasteiger charge is 2.38. The number of methoxy groups -OCH3 is 1. The molecule has 1 aromatic heterocycles. The molecule has 0 saturated carbocycles. The van der Waals surface area contributed by atoms with E-state index < -0.39 is 12.1 Å². The maximum absolute atomic E-state index is 12.2. The summed E-state index contributed by atoms with van der Waals surface area (Å²) in [7, 11) is 1.39. The third kappa shape index (κ3) is 7.53. The van der Waals surface area contributed by atoms with Gasteiger partial charge in [-0.15, -0.1) is 0 Å². The van der Waals surface area contributed by atoms with Gasteiger partial charge < -0.3 is 20.1 Å². The highest BCUT2D eigenvalue weighted by atomic mass is 19.4. The summed E-state index contributed by atoms with van der Waals surface area (Å²) in [5, 5.41) is 14.7. The average molecular weight is 461 g/mol. The van der Waals surface area contributed by atoms with Gasteiger partial charge in [0.25, 0.3) is 0 Å². The molecule has 0 amide bonds. The number of ether oxygens (including phenoxy) is 1. The van der Waals surface area contributed by atoms with Crippen molar-refractivity contribution in [3.8, 4) is 0 Å². The molecule has 174 valence electrons. The molecule has 0 saturated heterocycles. The monoisotopic (exact) mass is 461 g/mol. The second kappa shape index (κ2) is 11.0. The summed E-state index contributed by atoms with van der Waals surface area (Å²) in [5.74, 6) is -3.08. The van der Waals surface area contributed by atoms with Gasteiger partial charge in [-0.25, -0.2) is 9.59 Å². The Labute approximate surface area is 187 Å². The number of carboxylic acid groups (broad SMARTS) is 1. The third-order valence-electron chi connectivity index (χ3n) is 4.45. The van der Waals surface area contributed by atoms with Crippen LogP contribution in [-0.4, -0.2) is 40.7 Å². The lowest BCUT2D eigenvalue weighted by atomic mass is 10.0. The Hall–Kier alpha value is -4.08. The fourth-order valence-electron chi connectivity index (χ4n) is 2.94. The molecule has 2 aromatic carbocycles. The van der Waals surface area contributed by atoms with E-state index in [0.717, 1.165) is 16.7 Å². The van der Waals surface area contributed by atoms with Crippen molar-refractivity contribution in [1.82, 2.24) is 4.57 Å². The lowest BCUT2D eigenvalue weighted by Gasteiger charge is -2.05. The predicted octanol–water partition coefficient (Wildman–Crippen LogP) is 3.83. The Bertz CT molecular complexity index is 1130. The Balaban J connectivity index is 0.000000479. The van der Waals surface area contributed by atoms with Gasteiger partial charge in [-0.05, 0) is 29.2 Å². The first kappa shape index (κ1) is 25.2. The van der Waals surface area contributed by atoms with Crippen LogP contribution in [0.2, 0.25) is 0 Å². The largest absolute Gasteiger partial charge is 0.490 e. The smallest absolute Gasteiger partial charge is 0.475 e. The summed E-state index contributed by atoms with van der Waals surface area (Å²) in [4.78, 5) is 21.1. The van der Waals surface area contributed by atoms with E-state index in [1.165, 1.54) is 7.11 Å². The summed E-state index contributed by atoms with van der Waals surface area (Å²) < 4.78 is 38.7. The van der Waals surface area contributed by atoms with Crippen molar-refractivity contribution in [3.05, 3.63) is 94.8 Å². The number of aromatic nitrogens is 1. The topological polar surface area (TPSA) is 118 Å². The fraction of sp³-hybridized carbons (Fsp3) is 0.174. The van der Waals surface area contributed by atoms with Gasteiger partial charge in [-0.2, -0.15) is 13.2 Å². The highest BCUT2D eigenvalue weighted by molar-refractivity contribution is 5.95. The number of esters is 1. The molecule has 4 N–H and O–H groups in total. The Morgan fingerprint density at radius 2 is 1.67 bits per heavy atom. The molecule has 0 spiro atoms. The van der Waals surface area contributed by atoms with Gasteiger partial charge in [0, 0.05) is 24.5 Å². The van der Waals surface area contributed by atoms with Gasteiger partial charge >= 0.3 is 18.1 Å². The number of carboxylic acids is 1. The van der Waals surface area contributed by atoms with Gasteiger partial charge in [0.2, 0.25) is 0 Å². The summed E-state index contributed by atoms with van der Waals surface area (Å²) in [6, 6.07) is 17.6. The van der Waals surface area contributed by atoms with Crippen LogP contribution in [0, 0.1) is 5.41 Å². The number of amidine groups is 1. The molecule has 0 aliphatic rings. The fourth-order valence-corrected chi connectivity index (χ4v) is 2.94. The first-order chi connectivity index (χ1) is 15.5. The van der Waals surface area contributed by atoms with Crippen LogP contribution in [-0.2, 0) is 22.5 Å². The summed E-state index contributed by atoms with van der Waals surface area (Å²) >= 11 is 0. The molecule has 3 aromatic rings. The number of nitrogen functional groups attached to an aromatic ring is 1. The number of alkyl halides is 3. The molecule has 0 bridgehead atoms. The number of benzene rings is 2. The van der Waals surface area contributed by atoms with E-state index >= 15 is 0 Å². The second-order valence-corrected chi connectivity index (χ2v) is 6.94. The van der Waals surface area contributed by atoms with Crippen LogP contribution in [0.1, 0.15) is 32.6 Å². The minimum Gasteiger partial charge on any atom is -0.475 e. The van der Waals surface area contributed by atoms with Crippen molar-refractivity contribution >= 4 is 17.8 Å². The van der Waals surface area contributed by atoms with Gasteiger partial charge in [0.15, 0.2) is 0 Å². The van der Waals surface area contributed by atoms with Crippen molar-refractivity contribution in [2.24, 2.45) is 5.73 Å². The SMILES string of the molecule is COC(=O)c1cn(Cc2ccccc2)cc1Cc1cccc(C(=N)N)c1.O=C(O)C(F)(F)F. The van der Waals surface area contributed by atoms with E-state index in [2.05, 4.69) is 0 Å². The van der Waals surface area contributed by atoms with Crippen LogP contribution in [0.5, 0.6) is 0 Å². The number of nitrogens with two attached hydrogens (primary N) is 1. The van der Waals surface area contributed by atoms with Crippen molar-refractivity contribution in [3.63, 3.8) is 0 Å². The zero-order valence-corrected chi connectivity index (χ0v) is 17.6. The molecule has 0 atom stereocenters. The first-order valence-corrected chi connectivity index (χ1v) is 9.55. The van der Waals surface area contributed by atoms with Crippen molar-refractivity contribution < 1.29 is 32.6 Å². The van der Waals surface area contributed by atoms with E-state index in [4.69, 9.17) is 25.8 Å². The molecule has 1 heterocycles. The highest BCUT2D eigenvalue weighted by Crippen LogP contribution is 2.19. The minimum absolute atomic E-state index is 0.0293. The van der Waals surface area contributed by atoms with E-state index in [0.29, 0.717) is 24.1 Å². The molecule has 10 heteroatoms. The number of hydrogen-bond donors (Lipinski definition) is 3. The zero-order valence-electron chi connectivity index (χ0n) is 17.6. The van der Waals surface area contributed by atoms with E-state index in [1.54, 1.807) is 6.07 Å². The van der Waals surface area contributed by atoms with Gasteiger partial charge in [-0.3, -0.25) is 5.41 Å². The predicted molar refractivity (Wildman–Crippen MR) is 115 cm³/mol. The molecule has 0 radical (unpaired) electrons. The zero-order chi connectivity index (χ0) is 24.6. The molecule has 0 unspecified atom stereocenters. The quantitative estimate of drug-likeness (QED) is 0.293. The third-order valence-corrected chi connectivity index (χ3v) is 4.45. The molecule has 0 aliphatic heterocycles. The molecule has 0 fully saturated rings. The Morgan fingerprint density at radius 1 is 1.06 bits per heavy atom. The first-order valence-electron chi connectivity index (χ1n) is 9.55. The molecule has 33 heavy (non-hydrogen) atoms. The number of carbonyl (C=O) groups excluding carboxylic acids is 1. The summed E-state index contributed by atoms with van der Waals surface area (Å²) in [6.45, 7) is 0.679. The maximum atomic E-state index is 12.2. The van der Waals surface area contributed by atoms with Crippen LogP contribution < -0.4 is 5.73 Å². The Kier molecular flexibility index (Phi) is 8.38. The number of carbonyl (C=O) groups is 2. The standard InChI is InChI=1S/C21H21N3O2.C2HF3O2/c1-26-21(25)19-14-24(12-15-6-3-2-4-7-15)13-18(19)11-16-8-5-9-17(10-16)20(22)23;3-2(4,5)1(6)7/h2-10,13-14H,11-12H2,1H3,(H3,22,23);(H,6,7). The van der Waals surface area contributed by atoms with E-state index in [1.807, 2.05) is 65.5 Å². The Morgan fingerprint density at radius 3 is 2.21 bits per heavy atom. The summed E-state index contributed by atoms with van der Waals surface area (Å²) in [5.41, 5.74) is 9.82. The molecule has 0 aliphatic carbocycles. The van der Waals surface area contributed by atoms with Crippen LogP contribution in [0.4, 0.5) is 13.2 Å². The van der Waals surface area contributed by atoms with E-state index in [-0.39, 0.29) is 11.8 Å². The van der Waals surface area contributed by atoms with Gasteiger partial charge in [0.1, 0.15) is 5.84 Å². The normalized spacial score (nSPS) is 10.7. The van der Waals surface area contributed by atoms with Crippen LogP contribution in [0.15, 0.2) is 67.0 Å². The van der Waals surface area contributed by atoms with Gasteiger partial charge in [0.05, 0.1) is 12.7 Å². The average Bonchev–Trinajstić information content (AvgIpc) is 3.15. The van der Waals surface area contributed by atoms with Crippen molar-refractivity contribution in [2.75, 3.05) is 7.11 Å². The molecular formula is C23H22F3N3O4. The van der Waals surface area contributed by atoms with Crippen molar-refractivity contribution in [2.45, 2.75) is 19.1 Å². The summed E-state index contributed by atoms with van der Waals surface area (Å²) in [6.07, 6.45) is -0.726. The number of aliphatic carboxylic acids is 1. The van der Waals surface area contributed by atoms with Crippen LogP contribution >= 0.6 is 0 Å². The van der Waals surface area contributed by atoms with Crippen molar-refractivity contribution in [1.29, 1.82) is 5.41 Å². The minimum atomic E-state index is -5.08. The molecule has 3 rings (SSSR count).